The van der Waals surface area contributed by atoms with Crippen LogP contribution < -0.4 is 4.74 Å². The standard InChI is InChI=1S/C27H24FNO/c1-16-12-23-22-4-2-3-5-25(22)30-27(23)24(13-16)26-21-9-7-17(14-19(21)10-11-29-26)18-6-8-20(28)15-18/h2-5,7,9-14,18,20,22,25H,6,8,15H2,1H3/i1D3,18D. The molecule has 30 heavy (non-hydrogen) atoms. The Morgan fingerprint density at radius 3 is 2.93 bits per heavy atom. The van der Waals surface area contributed by atoms with Gasteiger partial charge in [-0.15, -0.1) is 0 Å². The zero-order valence-corrected chi connectivity index (χ0v) is 16.4. The van der Waals surface area contributed by atoms with E-state index in [9.17, 15) is 4.39 Å². The molecule has 0 amide bonds. The minimum absolute atomic E-state index is 0.0400. The Labute approximate surface area is 181 Å². The van der Waals surface area contributed by atoms with Gasteiger partial charge in [0.2, 0.25) is 0 Å². The molecule has 0 spiro atoms. The number of ether oxygens (including phenoxy) is 1. The molecule has 2 aliphatic carbocycles. The number of hydrogen-bond acceptors (Lipinski definition) is 2. The van der Waals surface area contributed by atoms with E-state index in [1.807, 2.05) is 48.6 Å². The maximum atomic E-state index is 13.9. The average molecular weight is 402 g/mol. The molecule has 1 aliphatic heterocycles. The van der Waals surface area contributed by atoms with Crippen LogP contribution in [0.15, 0.2) is 66.9 Å². The number of aryl methyl sites for hydroxylation is 1. The molecule has 3 heteroatoms. The second-order valence-corrected chi connectivity index (χ2v) is 8.36. The van der Waals surface area contributed by atoms with Gasteiger partial charge in [0.1, 0.15) is 18.0 Å². The average Bonchev–Trinajstić information content (AvgIpc) is 3.37. The Hall–Kier alpha value is -2.94. The minimum Gasteiger partial charge on any atom is -0.484 e. The van der Waals surface area contributed by atoms with E-state index in [1.54, 1.807) is 18.3 Å². The summed E-state index contributed by atoms with van der Waals surface area (Å²) < 4.78 is 53.1. The third kappa shape index (κ3) is 2.79. The summed E-state index contributed by atoms with van der Waals surface area (Å²) in [4.78, 5) is 4.65. The van der Waals surface area contributed by atoms with E-state index in [2.05, 4.69) is 4.98 Å². The molecule has 1 aromatic heterocycles. The number of fused-ring (bicyclic) bond motifs is 4. The molecule has 2 nitrogen and oxygen atoms in total. The second-order valence-electron chi connectivity index (χ2n) is 8.36. The summed E-state index contributed by atoms with van der Waals surface area (Å²) in [6.07, 6.45) is 9.64. The van der Waals surface area contributed by atoms with Crippen molar-refractivity contribution in [2.75, 3.05) is 0 Å². The first-order valence-electron chi connectivity index (χ1n) is 12.5. The van der Waals surface area contributed by atoms with Crippen LogP contribution in [0.5, 0.6) is 5.75 Å². The van der Waals surface area contributed by atoms with Crippen LogP contribution in [-0.2, 0) is 0 Å². The normalized spacial score (nSPS) is 31.4. The highest BCUT2D eigenvalue weighted by atomic mass is 19.1. The van der Waals surface area contributed by atoms with Gasteiger partial charge in [0, 0.05) is 34.1 Å². The van der Waals surface area contributed by atoms with Crippen molar-refractivity contribution in [3.8, 4) is 17.0 Å². The molecule has 0 bridgehead atoms. The molecule has 2 heterocycles. The fraction of sp³-hybridized carbons (Fsp3) is 0.296. The molecule has 3 aromatic rings. The van der Waals surface area contributed by atoms with Crippen LogP contribution >= 0.6 is 0 Å². The van der Waals surface area contributed by atoms with Gasteiger partial charge in [0.15, 0.2) is 0 Å². The fourth-order valence-corrected chi connectivity index (χ4v) is 5.00. The van der Waals surface area contributed by atoms with Crippen LogP contribution in [0.1, 0.15) is 53.2 Å². The zero-order valence-electron chi connectivity index (χ0n) is 20.4. The van der Waals surface area contributed by atoms with Gasteiger partial charge >= 0.3 is 0 Å². The number of aromatic nitrogens is 1. The molecule has 1 saturated carbocycles. The highest BCUT2D eigenvalue weighted by Gasteiger charge is 2.34. The molecule has 1 fully saturated rings. The molecule has 0 N–H and O–H groups in total. The van der Waals surface area contributed by atoms with Crippen LogP contribution in [0, 0.1) is 6.85 Å². The molecule has 3 aliphatic rings. The monoisotopic (exact) mass is 401 g/mol. The number of benzene rings is 2. The number of allylic oxidation sites excluding steroid dienone is 2. The van der Waals surface area contributed by atoms with Gasteiger partial charge < -0.3 is 4.74 Å². The van der Waals surface area contributed by atoms with Gasteiger partial charge in [-0.25, -0.2) is 4.39 Å². The Balaban J connectivity index is 1.53. The molecular weight excluding hydrogens is 373 g/mol. The number of hydrogen-bond donors (Lipinski definition) is 0. The summed E-state index contributed by atoms with van der Waals surface area (Å²) in [7, 11) is 0. The maximum absolute atomic E-state index is 13.9. The highest BCUT2D eigenvalue weighted by molar-refractivity contribution is 5.96. The van der Waals surface area contributed by atoms with Gasteiger partial charge in [0.05, 0.1) is 5.69 Å². The lowest BCUT2D eigenvalue weighted by atomic mass is 9.89. The van der Waals surface area contributed by atoms with Crippen LogP contribution in [0.3, 0.4) is 0 Å². The molecule has 6 rings (SSSR count). The van der Waals surface area contributed by atoms with Crippen molar-refractivity contribution in [1.29, 1.82) is 0 Å². The number of rotatable bonds is 2. The third-order valence-corrected chi connectivity index (χ3v) is 6.47. The molecule has 150 valence electrons. The van der Waals surface area contributed by atoms with Crippen LogP contribution in [0.2, 0.25) is 0 Å². The predicted octanol–water partition coefficient (Wildman–Crippen LogP) is 6.79. The lowest BCUT2D eigenvalue weighted by Crippen LogP contribution is -2.15. The van der Waals surface area contributed by atoms with Crippen molar-refractivity contribution in [2.45, 2.75) is 50.2 Å². The van der Waals surface area contributed by atoms with Crippen LogP contribution in [0.4, 0.5) is 4.39 Å². The largest absolute Gasteiger partial charge is 0.484 e. The van der Waals surface area contributed by atoms with Crippen molar-refractivity contribution in [3.05, 3.63) is 83.6 Å². The van der Waals surface area contributed by atoms with Gasteiger partial charge in [-0.1, -0.05) is 42.5 Å². The van der Waals surface area contributed by atoms with Crippen molar-refractivity contribution in [3.63, 3.8) is 0 Å². The Kier molecular flexibility index (Phi) is 3.20. The zero-order chi connectivity index (χ0) is 23.7. The van der Waals surface area contributed by atoms with E-state index < -0.39 is 18.9 Å². The van der Waals surface area contributed by atoms with Crippen molar-refractivity contribution in [2.24, 2.45) is 0 Å². The summed E-state index contributed by atoms with van der Waals surface area (Å²) in [6.45, 7) is -2.27. The number of nitrogens with zero attached hydrogens (tertiary/aromatic N) is 1. The second kappa shape index (κ2) is 6.80. The van der Waals surface area contributed by atoms with Crippen LogP contribution in [-0.4, -0.2) is 17.3 Å². The van der Waals surface area contributed by atoms with E-state index in [-0.39, 0.29) is 24.0 Å². The van der Waals surface area contributed by atoms with Gasteiger partial charge in [-0.2, -0.15) is 0 Å². The third-order valence-electron chi connectivity index (χ3n) is 6.47. The quantitative estimate of drug-likeness (QED) is 0.472. The Bertz CT molecular complexity index is 1360. The molecule has 4 unspecified atom stereocenters. The summed E-state index contributed by atoms with van der Waals surface area (Å²) in [5.74, 6) is -0.296. The fourth-order valence-electron chi connectivity index (χ4n) is 5.00. The van der Waals surface area contributed by atoms with Gasteiger partial charge in [-0.05, 0) is 66.7 Å². The van der Waals surface area contributed by atoms with E-state index in [0.717, 1.165) is 21.9 Å². The van der Waals surface area contributed by atoms with E-state index in [0.29, 0.717) is 29.8 Å². The van der Waals surface area contributed by atoms with E-state index in [4.69, 9.17) is 10.2 Å². The first-order valence-corrected chi connectivity index (χ1v) is 10.5. The molecule has 0 saturated heterocycles. The van der Waals surface area contributed by atoms with Gasteiger partial charge in [-0.3, -0.25) is 4.98 Å². The molecule has 0 radical (unpaired) electrons. The van der Waals surface area contributed by atoms with Crippen LogP contribution in [0.25, 0.3) is 22.0 Å². The van der Waals surface area contributed by atoms with E-state index >= 15 is 0 Å². The molecule has 4 atom stereocenters. The maximum Gasteiger partial charge on any atom is 0.133 e. The summed E-state index contributed by atoms with van der Waals surface area (Å²) in [5, 5.41) is 1.73. The van der Waals surface area contributed by atoms with Crippen molar-refractivity contribution < 1.29 is 14.6 Å². The minimum atomic E-state index is -2.27. The van der Waals surface area contributed by atoms with E-state index in [1.165, 1.54) is 0 Å². The number of alkyl halides is 1. The SMILES string of the molecule is [2H]C([2H])([2H])c1cc(-c2nccc3cc(C4([2H])CCC(F)C4)ccc23)c2c(c1)C1C=CC=CC1O2. The first-order chi connectivity index (χ1) is 16.2. The topological polar surface area (TPSA) is 22.1 Å². The number of halogens is 1. The van der Waals surface area contributed by atoms with Gasteiger partial charge in [0.25, 0.3) is 0 Å². The Morgan fingerprint density at radius 2 is 2.07 bits per heavy atom. The molecular formula is C27H24FNO. The smallest absolute Gasteiger partial charge is 0.133 e. The number of pyridine rings is 1. The summed E-state index contributed by atoms with van der Waals surface area (Å²) in [5.41, 5.74) is 3.22. The lowest BCUT2D eigenvalue weighted by molar-refractivity contribution is 0.270. The predicted molar refractivity (Wildman–Crippen MR) is 119 cm³/mol. The highest BCUT2D eigenvalue weighted by Crippen LogP contribution is 2.48. The lowest BCUT2D eigenvalue weighted by Gasteiger charge is -2.15. The van der Waals surface area contributed by atoms with Crippen molar-refractivity contribution >= 4 is 10.8 Å². The summed E-state index contributed by atoms with van der Waals surface area (Å²) in [6, 6.07) is 11.0. The Morgan fingerprint density at radius 1 is 1.13 bits per heavy atom. The summed E-state index contributed by atoms with van der Waals surface area (Å²) >= 11 is 0. The molecule has 2 aromatic carbocycles. The first kappa shape index (κ1) is 14.1. The van der Waals surface area contributed by atoms with Crippen molar-refractivity contribution in [1.82, 2.24) is 4.98 Å².